The number of rotatable bonds is 2. The Morgan fingerprint density at radius 2 is 1.84 bits per heavy atom. The van der Waals surface area contributed by atoms with Crippen LogP contribution in [0.25, 0.3) is 11.1 Å². The van der Waals surface area contributed by atoms with Crippen LogP contribution in [0.2, 0.25) is 0 Å². The van der Waals surface area contributed by atoms with Crippen LogP contribution in [0.1, 0.15) is 22.8 Å². The highest BCUT2D eigenvalue weighted by Gasteiger charge is 2.12. The third kappa shape index (κ3) is 2.50. The van der Waals surface area contributed by atoms with E-state index in [0.29, 0.717) is 5.56 Å². The Morgan fingerprint density at radius 1 is 1.11 bits per heavy atom. The molecule has 0 unspecified atom stereocenters. The molecule has 0 amide bonds. The molecule has 0 aliphatic carbocycles. The second-order valence-electron chi connectivity index (χ2n) is 4.05. The molecule has 0 atom stereocenters. The Balaban J connectivity index is 2.68. The van der Waals surface area contributed by atoms with E-state index in [1.54, 1.807) is 0 Å². The number of hydrogen-bond donors (Lipinski definition) is 0. The SMILES string of the molecule is CC(=O)c1ccc(F)c(-c2ccc(F)cc2C#N)c1. The zero-order valence-corrected chi connectivity index (χ0v) is 10.1. The van der Waals surface area contributed by atoms with Crippen molar-refractivity contribution in [1.29, 1.82) is 5.26 Å². The Kier molecular flexibility index (Phi) is 3.39. The molecule has 0 fully saturated rings. The van der Waals surface area contributed by atoms with Crippen molar-refractivity contribution in [2.75, 3.05) is 0 Å². The monoisotopic (exact) mass is 257 g/mol. The number of carbonyl (C=O) groups excluding carboxylic acids is 1. The van der Waals surface area contributed by atoms with E-state index in [1.807, 2.05) is 6.07 Å². The van der Waals surface area contributed by atoms with Crippen LogP contribution in [0.5, 0.6) is 0 Å². The van der Waals surface area contributed by atoms with Gasteiger partial charge in [-0.15, -0.1) is 0 Å². The largest absolute Gasteiger partial charge is 0.295 e. The number of benzene rings is 2. The van der Waals surface area contributed by atoms with E-state index in [-0.39, 0.29) is 22.5 Å². The first-order valence-electron chi connectivity index (χ1n) is 5.53. The number of halogens is 2. The topological polar surface area (TPSA) is 40.9 Å². The Hall–Kier alpha value is -2.54. The molecule has 2 rings (SSSR count). The molecule has 0 radical (unpaired) electrons. The molecule has 0 bridgehead atoms. The summed E-state index contributed by atoms with van der Waals surface area (Å²) in [4.78, 5) is 11.3. The second-order valence-corrected chi connectivity index (χ2v) is 4.05. The molecule has 0 aliphatic rings. The van der Waals surface area contributed by atoms with Gasteiger partial charge in [0, 0.05) is 16.7 Å². The van der Waals surface area contributed by atoms with E-state index in [0.717, 1.165) is 18.2 Å². The number of ketones is 1. The van der Waals surface area contributed by atoms with Crippen LogP contribution >= 0.6 is 0 Å². The van der Waals surface area contributed by atoms with Gasteiger partial charge in [-0.05, 0) is 37.3 Å². The molecule has 0 heterocycles. The summed E-state index contributed by atoms with van der Waals surface area (Å²) >= 11 is 0. The summed E-state index contributed by atoms with van der Waals surface area (Å²) in [6.45, 7) is 1.37. The van der Waals surface area contributed by atoms with Crippen molar-refractivity contribution in [3.8, 4) is 17.2 Å². The van der Waals surface area contributed by atoms with Crippen LogP contribution < -0.4 is 0 Å². The van der Waals surface area contributed by atoms with E-state index >= 15 is 0 Å². The molecule has 94 valence electrons. The maximum absolute atomic E-state index is 13.8. The van der Waals surface area contributed by atoms with Crippen molar-refractivity contribution < 1.29 is 13.6 Å². The van der Waals surface area contributed by atoms with Crippen LogP contribution in [0.15, 0.2) is 36.4 Å². The number of nitriles is 1. The zero-order valence-electron chi connectivity index (χ0n) is 10.1. The molecule has 4 heteroatoms. The smallest absolute Gasteiger partial charge is 0.159 e. The Labute approximate surface area is 108 Å². The predicted octanol–water partition coefficient (Wildman–Crippen LogP) is 3.71. The van der Waals surface area contributed by atoms with Crippen LogP contribution in [0.3, 0.4) is 0 Å². The number of carbonyl (C=O) groups is 1. The molecule has 2 aromatic carbocycles. The molecule has 0 aliphatic heterocycles. The minimum atomic E-state index is -0.566. The lowest BCUT2D eigenvalue weighted by Crippen LogP contribution is -1.96. The molecular weight excluding hydrogens is 248 g/mol. The summed E-state index contributed by atoms with van der Waals surface area (Å²) in [5, 5.41) is 8.97. The fourth-order valence-electron chi connectivity index (χ4n) is 1.79. The van der Waals surface area contributed by atoms with Crippen molar-refractivity contribution in [3.05, 3.63) is 59.2 Å². The van der Waals surface area contributed by atoms with E-state index in [4.69, 9.17) is 5.26 Å². The highest BCUT2D eigenvalue weighted by Crippen LogP contribution is 2.27. The quantitative estimate of drug-likeness (QED) is 0.769. The summed E-state index contributed by atoms with van der Waals surface area (Å²) in [5.41, 5.74) is 0.748. The predicted molar refractivity (Wildman–Crippen MR) is 66.5 cm³/mol. The molecule has 19 heavy (non-hydrogen) atoms. The molecule has 0 saturated heterocycles. The van der Waals surface area contributed by atoms with Crippen molar-refractivity contribution in [2.24, 2.45) is 0 Å². The Morgan fingerprint density at radius 3 is 2.47 bits per heavy atom. The first-order valence-corrected chi connectivity index (χ1v) is 5.53. The second kappa shape index (κ2) is 4.99. The first kappa shape index (κ1) is 12.9. The van der Waals surface area contributed by atoms with Crippen molar-refractivity contribution >= 4 is 5.78 Å². The first-order chi connectivity index (χ1) is 9.02. The maximum atomic E-state index is 13.8. The lowest BCUT2D eigenvalue weighted by Gasteiger charge is -2.07. The van der Waals surface area contributed by atoms with Crippen molar-refractivity contribution in [3.63, 3.8) is 0 Å². The van der Waals surface area contributed by atoms with Crippen LogP contribution in [0, 0.1) is 23.0 Å². The molecule has 0 N–H and O–H groups in total. The lowest BCUT2D eigenvalue weighted by molar-refractivity contribution is 0.101. The molecule has 0 spiro atoms. The van der Waals surface area contributed by atoms with Gasteiger partial charge in [0.05, 0.1) is 11.6 Å². The Bertz CT molecular complexity index is 702. The molecule has 0 aromatic heterocycles. The van der Waals surface area contributed by atoms with Gasteiger partial charge in [-0.2, -0.15) is 5.26 Å². The number of Topliss-reactive ketones (excluding diaryl/α,β-unsaturated/α-hetero) is 1. The molecule has 2 aromatic rings. The highest BCUT2D eigenvalue weighted by atomic mass is 19.1. The average Bonchev–Trinajstić information content (AvgIpc) is 2.39. The van der Waals surface area contributed by atoms with E-state index < -0.39 is 11.6 Å². The fraction of sp³-hybridized carbons (Fsp3) is 0.0667. The summed E-state index contributed by atoms with van der Waals surface area (Å²) < 4.78 is 26.9. The normalized spacial score (nSPS) is 10.0. The lowest BCUT2D eigenvalue weighted by atomic mass is 9.97. The maximum Gasteiger partial charge on any atom is 0.159 e. The van der Waals surface area contributed by atoms with Gasteiger partial charge in [-0.3, -0.25) is 4.79 Å². The third-order valence-electron chi connectivity index (χ3n) is 2.77. The average molecular weight is 257 g/mol. The summed E-state index contributed by atoms with van der Waals surface area (Å²) in [5.74, 6) is -1.33. The van der Waals surface area contributed by atoms with Gasteiger partial charge in [0.25, 0.3) is 0 Å². The van der Waals surface area contributed by atoms with Gasteiger partial charge in [-0.1, -0.05) is 6.07 Å². The standard InChI is InChI=1S/C15H9F2NO/c1-9(19)10-2-5-15(17)14(7-10)13-4-3-12(16)6-11(13)8-18/h2-7H,1H3. The van der Waals surface area contributed by atoms with Gasteiger partial charge in [-0.25, -0.2) is 8.78 Å². The fourth-order valence-corrected chi connectivity index (χ4v) is 1.79. The third-order valence-corrected chi connectivity index (χ3v) is 2.77. The minimum Gasteiger partial charge on any atom is -0.295 e. The van der Waals surface area contributed by atoms with E-state index in [9.17, 15) is 13.6 Å². The number of nitrogens with zero attached hydrogens (tertiary/aromatic N) is 1. The molecule has 0 saturated carbocycles. The van der Waals surface area contributed by atoms with Crippen LogP contribution in [-0.2, 0) is 0 Å². The van der Waals surface area contributed by atoms with Gasteiger partial charge < -0.3 is 0 Å². The van der Waals surface area contributed by atoms with Crippen LogP contribution in [-0.4, -0.2) is 5.78 Å². The summed E-state index contributed by atoms with van der Waals surface area (Å²) in [7, 11) is 0. The number of hydrogen-bond acceptors (Lipinski definition) is 2. The summed E-state index contributed by atoms with van der Waals surface area (Å²) in [6, 6.07) is 9.24. The van der Waals surface area contributed by atoms with Gasteiger partial charge >= 0.3 is 0 Å². The van der Waals surface area contributed by atoms with E-state index in [1.165, 1.54) is 25.1 Å². The van der Waals surface area contributed by atoms with E-state index in [2.05, 4.69) is 0 Å². The van der Waals surface area contributed by atoms with Crippen LogP contribution in [0.4, 0.5) is 8.78 Å². The molecule has 2 nitrogen and oxygen atoms in total. The zero-order chi connectivity index (χ0) is 14.0. The van der Waals surface area contributed by atoms with Gasteiger partial charge in [0.2, 0.25) is 0 Å². The van der Waals surface area contributed by atoms with Crippen molar-refractivity contribution in [1.82, 2.24) is 0 Å². The van der Waals surface area contributed by atoms with Gasteiger partial charge in [0.1, 0.15) is 11.6 Å². The minimum absolute atomic E-state index is 0.0274. The summed E-state index contributed by atoms with van der Waals surface area (Å²) in [6.07, 6.45) is 0. The van der Waals surface area contributed by atoms with Crippen molar-refractivity contribution in [2.45, 2.75) is 6.92 Å². The highest BCUT2D eigenvalue weighted by molar-refractivity contribution is 5.95. The molecular formula is C15H9F2NO. The van der Waals surface area contributed by atoms with Gasteiger partial charge in [0.15, 0.2) is 5.78 Å².